The molecule has 0 spiro atoms. The Hall–Kier alpha value is 0.240. The molecule has 1 N–H and O–H groups in total. The van der Waals surface area contributed by atoms with Gasteiger partial charge in [0.15, 0.2) is 0 Å². The molecule has 0 bridgehead atoms. The second kappa shape index (κ2) is 5.20. The van der Waals surface area contributed by atoms with Gasteiger partial charge in [0.2, 0.25) is 0 Å². The molecule has 1 aliphatic rings. The van der Waals surface area contributed by atoms with Crippen molar-refractivity contribution in [2.45, 2.75) is 24.9 Å². The topological polar surface area (TPSA) is 21.3 Å². The van der Waals surface area contributed by atoms with E-state index in [1.54, 1.807) is 7.11 Å². The van der Waals surface area contributed by atoms with Crippen LogP contribution in [-0.2, 0) is 4.74 Å². The number of methoxy groups -OCH3 is 1. The fourth-order valence-electron chi connectivity index (χ4n) is 1.47. The summed E-state index contributed by atoms with van der Waals surface area (Å²) in [5.41, 5.74) is 1.44. The summed E-state index contributed by atoms with van der Waals surface area (Å²) in [6, 6.07) is 0. The summed E-state index contributed by atoms with van der Waals surface area (Å²) in [6.45, 7) is 1.47. The van der Waals surface area contributed by atoms with E-state index in [1.807, 2.05) is 0 Å². The van der Waals surface area contributed by atoms with E-state index in [9.17, 15) is 0 Å². The molecule has 4 heteroatoms. The Morgan fingerprint density at radius 3 is 2.69 bits per heavy atom. The highest BCUT2D eigenvalue weighted by Crippen LogP contribution is 2.34. The quantitative estimate of drug-likeness (QED) is 0.774. The zero-order valence-electron chi connectivity index (χ0n) is 7.78. The molecule has 0 radical (unpaired) electrons. The maximum atomic E-state index is 5.72. The van der Waals surface area contributed by atoms with Gasteiger partial charge in [0.25, 0.3) is 0 Å². The molecule has 0 aromatic rings. The second-order valence-electron chi connectivity index (χ2n) is 3.40. The highest BCUT2D eigenvalue weighted by atomic mass is 35.5. The van der Waals surface area contributed by atoms with Crippen molar-refractivity contribution in [2.24, 2.45) is 0 Å². The smallest absolute Gasteiger partial charge is 0.0802 e. The van der Waals surface area contributed by atoms with Crippen molar-refractivity contribution >= 4 is 23.2 Å². The van der Waals surface area contributed by atoms with Gasteiger partial charge < -0.3 is 10.1 Å². The van der Waals surface area contributed by atoms with Gasteiger partial charge in [-0.1, -0.05) is 23.2 Å². The molecule has 0 aliphatic heterocycles. The lowest BCUT2D eigenvalue weighted by Gasteiger charge is -2.40. The molecule has 13 heavy (non-hydrogen) atoms. The summed E-state index contributed by atoms with van der Waals surface area (Å²) in [7, 11) is 1.76. The molecule has 0 aromatic heterocycles. The predicted octanol–water partition coefficient (Wildman–Crippen LogP) is 2.46. The Kier molecular flexibility index (Phi) is 4.53. The van der Waals surface area contributed by atoms with Gasteiger partial charge in [-0.25, -0.2) is 0 Å². The number of rotatable bonds is 5. The summed E-state index contributed by atoms with van der Waals surface area (Å²) in [5.74, 6) is 0. The molecule has 0 unspecified atom stereocenters. The van der Waals surface area contributed by atoms with Crippen LogP contribution in [0.1, 0.15) is 19.3 Å². The van der Waals surface area contributed by atoms with E-state index in [2.05, 4.69) is 5.32 Å². The zero-order valence-corrected chi connectivity index (χ0v) is 9.29. The molecule has 1 saturated carbocycles. The third kappa shape index (κ3) is 3.13. The van der Waals surface area contributed by atoms with Gasteiger partial charge in [-0.05, 0) is 19.3 Å². The number of halogens is 2. The average Bonchev–Trinajstić information content (AvgIpc) is 2.09. The monoisotopic (exact) mass is 223 g/mol. The Balaban J connectivity index is 2.18. The van der Waals surface area contributed by atoms with Gasteiger partial charge >= 0.3 is 0 Å². The first-order chi connectivity index (χ1) is 6.22. The third-order valence-corrected chi connectivity index (χ3v) is 3.18. The van der Waals surface area contributed by atoms with E-state index in [0.29, 0.717) is 11.6 Å². The van der Waals surface area contributed by atoms with Gasteiger partial charge in [-0.15, -0.1) is 0 Å². The number of ether oxygens (including phenoxy) is 1. The van der Waals surface area contributed by atoms with Gasteiger partial charge in [-0.3, -0.25) is 0 Å². The minimum Gasteiger partial charge on any atom is -0.377 e. The van der Waals surface area contributed by atoms with Crippen molar-refractivity contribution in [2.75, 3.05) is 20.2 Å². The molecule has 1 fully saturated rings. The van der Waals surface area contributed by atoms with Crippen LogP contribution >= 0.6 is 23.2 Å². The number of nitrogens with one attached hydrogen (secondary N) is 1. The maximum Gasteiger partial charge on any atom is 0.0802 e. The molecule has 0 amide bonds. The predicted molar refractivity (Wildman–Crippen MR) is 56.2 cm³/mol. The highest BCUT2D eigenvalue weighted by Gasteiger charge is 2.36. The van der Waals surface area contributed by atoms with Crippen molar-refractivity contribution in [1.82, 2.24) is 5.32 Å². The standard InChI is InChI=1S/C9H15Cl2NO/c1-13-9(3-2-4-9)7-12-6-8(11)5-10/h5,12H,2-4,6-7H2,1H3. The minimum atomic E-state index is 0.0590. The molecule has 0 aromatic carbocycles. The maximum absolute atomic E-state index is 5.72. The van der Waals surface area contributed by atoms with Gasteiger partial charge in [0.1, 0.15) is 0 Å². The molecule has 76 valence electrons. The van der Waals surface area contributed by atoms with Crippen LogP contribution in [0.4, 0.5) is 0 Å². The van der Waals surface area contributed by atoms with Gasteiger partial charge in [-0.2, -0.15) is 0 Å². The normalized spacial score (nSPS) is 21.3. The van der Waals surface area contributed by atoms with Crippen LogP contribution in [0.5, 0.6) is 0 Å². The Labute approximate surface area is 89.2 Å². The van der Waals surface area contributed by atoms with Crippen LogP contribution in [0, 0.1) is 0 Å². The highest BCUT2D eigenvalue weighted by molar-refractivity contribution is 6.36. The lowest BCUT2D eigenvalue weighted by molar-refractivity contribution is -0.0688. The first-order valence-electron chi connectivity index (χ1n) is 4.43. The molecule has 0 saturated heterocycles. The first kappa shape index (κ1) is 11.3. The fourth-order valence-corrected chi connectivity index (χ4v) is 1.64. The number of hydrogen-bond donors (Lipinski definition) is 1. The van der Waals surface area contributed by atoms with Crippen molar-refractivity contribution in [1.29, 1.82) is 0 Å². The molecule has 1 rings (SSSR count). The fraction of sp³-hybridized carbons (Fsp3) is 0.778. The van der Waals surface area contributed by atoms with E-state index in [-0.39, 0.29) is 5.60 Å². The van der Waals surface area contributed by atoms with Crippen LogP contribution < -0.4 is 5.32 Å². The summed E-state index contributed by atoms with van der Waals surface area (Å²) in [5, 5.41) is 3.85. The van der Waals surface area contributed by atoms with Crippen LogP contribution in [0.3, 0.4) is 0 Å². The largest absolute Gasteiger partial charge is 0.377 e. The second-order valence-corrected chi connectivity index (χ2v) is 4.10. The summed E-state index contributed by atoms with van der Waals surface area (Å²) in [6.07, 6.45) is 3.53. The van der Waals surface area contributed by atoms with Crippen molar-refractivity contribution in [3.63, 3.8) is 0 Å². The third-order valence-electron chi connectivity index (χ3n) is 2.56. The lowest BCUT2D eigenvalue weighted by atomic mass is 9.80. The van der Waals surface area contributed by atoms with Gasteiger partial charge in [0, 0.05) is 30.8 Å². The Morgan fingerprint density at radius 2 is 2.31 bits per heavy atom. The van der Waals surface area contributed by atoms with E-state index < -0.39 is 0 Å². The summed E-state index contributed by atoms with van der Waals surface area (Å²) in [4.78, 5) is 0. The van der Waals surface area contributed by atoms with Gasteiger partial charge in [0.05, 0.1) is 5.60 Å². The zero-order chi connectivity index (χ0) is 9.73. The summed E-state index contributed by atoms with van der Waals surface area (Å²) >= 11 is 11.1. The van der Waals surface area contributed by atoms with E-state index >= 15 is 0 Å². The van der Waals surface area contributed by atoms with Crippen LogP contribution in [0.25, 0.3) is 0 Å². The first-order valence-corrected chi connectivity index (χ1v) is 5.24. The molecular formula is C9H15Cl2NO. The molecule has 0 heterocycles. The summed E-state index contributed by atoms with van der Waals surface area (Å²) < 4.78 is 5.43. The minimum absolute atomic E-state index is 0.0590. The van der Waals surface area contributed by atoms with Crippen LogP contribution in [0.15, 0.2) is 10.6 Å². The lowest BCUT2D eigenvalue weighted by Crippen LogP contribution is -2.48. The molecular weight excluding hydrogens is 209 g/mol. The van der Waals surface area contributed by atoms with Crippen molar-refractivity contribution < 1.29 is 4.74 Å². The SMILES string of the molecule is COC1(CNCC(Cl)=CCl)CCC1. The van der Waals surface area contributed by atoms with Crippen LogP contribution in [-0.4, -0.2) is 25.8 Å². The van der Waals surface area contributed by atoms with Crippen molar-refractivity contribution in [3.8, 4) is 0 Å². The average molecular weight is 224 g/mol. The number of hydrogen-bond acceptors (Lipinski definition) is 2. The van der Waals surface area contributed by atoms with Crippen molar-refractivity contribution in [3.05, 3.63) is 10.6 Å². The van der Waals surface area contributed by atoms with E-state index in [1.165, 1.54) is 12.0 Å². The molecule has 1 aliphatic carbocycles. The Morgan fingerprint density at radius 1 is 1.62 bits per heavy atom. The van der Waals surface area contributed by atoms with E-state index in [4.69, 9.17) is 27.9 Å². The molecule has 2 nitrogen and oxygen atoms in total. The molecule has 0 atom stereocenters. The van der Waals surface area contributed by atoms with Crippen LogP contribution in [0.2, 0.25) is 0 Å². The van der Waals surface area contributed by atoms with E-state index in [0.717, 1.165) is 19.4 Å². The Bertz CT molecular complexity index is 185.